The van der Waals surface area contributed by atoms with Gasteiger partial charge >= 0.3 is 0 Å². The third-order valence-corrected chi connectivity index (χ3v) is 5.65. The molecule has 4 heteroatoms. The van der Waals surface area contributed by atoms with Crippen LogP contribution < -0.4 is 0 Å². The molecule has 0 atom stereocenters. The van der Waals surface area contributed by atoms with Crippen molar-refractivity contribution in [3.63, 3.8) is 0 Å². The van der Waals surface area contributed by atoms with Gasteiger partial charge in [0.25, 0.3) is 0 Å². The van der Waals surface area contributed by atoms with Crippen molar-refractivity contribution in [1.29, 1.82) is 0 Å². The number of hydrogen-bond acceptors (Lipinski definition) is 3. The second kappa shape index (κ2) is 6.91. The summed E-state index contributed by atoms with van der Waals surface area (Å²) in [5, 5.41) is 2.34. The number of rotatable bonds is 5. The van der Waals surface area contributed by atoms with Crippen molar-refractivity contribution >= 4 is 39.9 Å². The van der Waals surface area contributed by atoms with Crippen molar-refractivity contribution in [1.82, 2.24) is 9.38 Å². The summed E-state index contributed by atoms with van der Waals surface area (Å²) in [6.45, 7) is 0. The van der Waals surface area contributed by atoms with E-state index in [1.807, 2.05) is 17.8 Å². The quantitative estimate of drug-likeness (QED) is 0.470. The van der Waals surface area contributed by atoms with E-state index in [2.05, 4.69) is 71.3 Å². The summed E-state index contributed by atoms with van der Waals surface area (Å²) >= 11 is 3.60. The highest BCUT2D eigenvalue weighted by atomic mass is 32.2. The van der Waals surface area contributed by atoms with E-state index in [0.717, 1.165) is 23.0 Å². The van der Waals surface area contributed by atoms with E-state index in [0.29, 0.717) is 0 Å². The summed E-state index contributed by atoms with van der Waals surface area (Å²) in [6.07, 6.45) is 3.12. The Hall–Kier alpha value is -1.91. The molecule has 0 amide bonds. The average molecular weight is 351 g/mol. The minimum absolute atomic E-state index is 0.978. The van der Waals surface area contributed by atoms with Gasteiger partial charge in [-0.2, -0.15) is 11.8 Å². The molecule has 24 heavy (non-hydrogen) atoms. The van der Waals surface area contributed by atoms with Crippen LogP contribution in [0.15, 0.2) is 76.7 Å². The molecular formula is C20H18N2S2. The van der Waals surface area contributed by atoms with Crippen LogP contribution in [0.2, 0.25) is 0 Å². The lowest BCUT2D eigenvalue weighted by Crippen LogP contribution is -1.98. The molecule has 0 N–H and O–H groups in total. The molecule has 4 rings (SSSR count). The molecule has 2 nitrogen and oxygen atoms in total. The van der Waals surface area contributed by atoms with Gasteiger partial charge < -0.3 is 0 Å². The predicted octanol–water partition coefficient (Wildman–Crippen LogP) is 5.54. The second-order valence-corrected chi connectivity index (χ2v) is 7.65. The van der Waals surface area contributed by atoms with Gasteiger partial charge in [-0.25, -0.2) is 4.98 Å². The van der Waals surface area contributed by atoms with Crippen LogP contribution in [0.4, 0.5) is 0 Å². The van der Waals surface area contributed by atoms with E-state index in [9.17, 15) is 0 Å². The number of fused-ring (bicyclic) bond motifs is 3. The van der Waals surface area contributed by atoms with Gasteiger partial charge in [-0.3, -0.25) is 4.40 Å². The minimum atomic E-state index is 0.978. The van der Waals surface area contributed by atoms with Gasteiger partial charge in [-0.15, -0.1) is 0 Å². The molecule has 0 unspecified atom stereocenters. The molecule has 0 bridgehead atoms. The first kappa shape index (κ1) is 15.6. The number of nitrogens with zero attached hydrogens (tertiary/aromatic N) is 2. The molecule has 0 aliphatic rings. The molecule has 0 aliphatic carbocycles. The van der Waals surface area contributed by atoms with Gasteiger partial charge in [-0.05, 0) is 35.9 Å². The maximum absolute atomic E-state index is 4.98. The van der Waals surface area contributed by atoms with E-state index in [-0.39, 0.29) is 0 Å². The Morgan fingerprint density at radius 3 is 2.50 bits per heavy atom. The molecule has 120 valence electrons. The maximum Gasteiger partial charge on any atom is 0.127 e. The van der Waals surface area contributed by atoms with Crippen LogP contribution >= 0.6 is 23.5 Å². The monoisotopic (exact) mass is 350 g/mol. The van der Waals surface area contributed by atoms with Crippen LogP contribution in [0.25, 0.3) is 16.4 Å². The van der Waals surface area contributed by atoms with Crippen LogP contribution in [0, 0.1) is 0 Å². The van der Waals surface area contributed by atoms with Crippen molar-refractivity contribution in [2.24, 2.45) is 0 Å². The van der Waals surface area contributed by atoms with E-state index >= 15 is 0 Å². The van der Waals surface area contributed by atoms with Gasteiger partial charge in [0, 0.05) is 17.1 Å². The van der Waals surface area contributed by atoms with Crippen LogP contribution in [0.1, 0.15) is 5.82 Å². The summed E-state index contributed by atoms with van der Waals surface area (Å²) in [5.41, 5.74) is 2.43. The first-order valence-electron chi connectivity index (χ1n) is 7.98. The van der Waals surface area contributed by atoms with Gasteiger partial charge in [0.2, 0.25) is 0 Å². The Bertz CT molecular complexity index is 977. The molecular weight excluding hydrogens is 332 g/mol. The number of pyridine rings is 1. The highest BCUT2D eigenvalue weighted by Gasteiger charge is 2.14. The third kappa shape index (κ3) is 2.92. The molecule has 0 spiro atoms. The fourth-order valence-corrected chi connectivity index (χ4v) is 4.23. The lowest BCUT2D eigenvalue weighted by Gasteiger charge is -2.06. The van der Waals surface area contributed by atoms with Crippen LogP contribution in [0.5, 0.6) is 0 Å². The van der Waals surface area contributed by atoms with Crippen molar-refractivity contribution in [2.75, 3.05) is 12.0 Å². The summed E-state index contributed by atoms with van der Waals surface area (Å²) < 4.78 is 2.33. The highest BCUT2D eigenvalue weighted by Crippen LogP contribution is 2.33. The Balaban J connectivity index is 1.89. The topological polar surface area (TPSA) is 17.3 Å². The van der Waals surface area contributed by atoms with E-state index in [1.54, 1.807) is 11.8 Å². The zero-order valence-corrected chi connectivity index (χ0v) is 15.1. The average Bonchev–Trinajstić information content (AvgIpc) is 2.99. The van der Waals surface area contributed by atoms with Gasteiger partial charge in [0.15, 0.2) is 0 Å². The summed E-state index contributed by atoms with van der Waals surface area (Å²) in [5.74, 6) is 2.23. The molecule has 2 heterocycles. The minimum Gasteiger partial charge on any atom is -0.295 e. The normalized spacial score (nSPS) is 11.4. The van der Waals surface area contributed by atoms with Crippen LogP contribution in [-0.4, -0.2) is 21.4 Å². The van der Waals surface area contributed by atoms with Gasteiger partial charge in [0.1, 0.15) is 10.9 Å². The highest BCUT2D eigenvalue weighted by molar-refractivity contribution is 7.99. The molecule has 2 aromatic heterocycles. The Labute approximate surface area is 150 Å². The van der Waals surface area contributed by atoms with Crippen LogP contribution in [0.3, 0.4) is 0 Å². The lowest BCUT2D eigenvalue weighted by atomic mass is 10.2. The van der Waals surface area contributed by atoms with Crippen molar-refractivity contribution in [3.8, 4) is 0 Å². The van der Waals surface area contributed by atoms with E-state index < -0.39 is 0 Å². The summed E-state index contributed by atoms with van der Waals surface area (Å²) in [6, 6.07) is 23.4. The number of aromatic nitrogens is 2. The fourth-order valence-electron chi connectivity index (χ4n) is 2.91. The first-order chi connectivity index (χ1) is 11.9. The fraction of sp³-hybridized carbons (Fsp3) is 0.150. The number of imidazole rings is 1. The van der Waals surface area contributed by atoms with Crippen molar-refractivity contribution in [3.05, 3.63) is 72.6 Å². The number of para-hydroxylation sites is 1. The third-order valence-electron chi connectivity index (χ3n) is 4.03. The second-order valence-electron chi connectivity index (χ2n) is 5.60. The van der Waals surface area contributed by atoms with E-state index in [4.69, 9.17) is 4.98 Å². The van der Waals surface area contributed by atoms with Crippen LogP contribution in [-0.2, 0) is 6.42 Å². The number of hydrogen-bond donors (Lipinski definition) is 0. The molecule has 0 fully saturated rings. The number of benzene rings is 2. The number of aryl methyl sites for hydroxylation is 1. The largest absolute Gasteiger partial charge is 0.295 e. The zero-order valence-electron chi connectivity index (χ0n) is 13.5. The van der Waals surface area contributed by atoms with Gasteiger partial charge in [-0.1, -0.05) is 54.2 Å². The molecule has 2 aromatic carbocycles. The van der Waals surface area contributed by atoms with Crippen molar-refractivity contribution in [2.45, 2.75) is 16.3 Å². The first-order valence-corrected chi connectivity index (χ1v) is 10.2. The summed E-state index contributed by atoms with van der Waals surface area (Å²) in [4.78, 5) is 6.21. The zero-order chi connectivity index (χ0) is 16.4. The molecule has 0 aliphatic heterocycles. The number of thioether (sulfide) groups is 1. The molecule has 0 saturated carbocycles. The molecule has 4 aromatic rings. The smallest absolute Gasteiger partial charge is 0.127 e. The van der Waals surface area contributed by atoms with Crippen molar-refractivity contribution < 1.29 is 0 Å². The maximum atomic E-state index is 4.98. The summed E-state index contributed by atoms with van der Waals surface area (Å²) in [7, 11) is 0. The predicted molar refractivity (Wildman–Crippen MR) is 105 cm³/mol. The lowest BCUT2D eigenvalue weighted by molar-refractivity contribution is 0.947. The standard InChI is InChI=1S/C20H18N2S2/c1-23-14-13-19-21-20(24-16-8-3-2-4-9-16)18-12-11-15-7-5-6-10-17(15)22(18)19/h2-12H,13-14H2,1H3. The van der Waals surface area contributed by atoms with E-state index in [1.165, 1.54) is 21.3 Å². The Morgan fingerprint density at radius 2 is 1.67 bits per heavy atom. The van der Waals surface area contributed by atoms with Gasteiger partial charge in [0.05, 0.1) is 11.0 Å². The molecule has 0 saturated heterocycles. The Kier molecular flexibility index (Phi) is 4.50. The Morgan fingerprint density at radius 1 is 0.875 bits per heavy atom. The molecule has 0 radical (unpaired) electrons. The SMILES string of the molecule is CSCCc1nc(Sc2ccccc2)c2ccc3ccccc3n12.